The van der Waals surface area contributed by atoms with Crippen LogP contribution in [0, 0.1) is 5.92 Å². The molecule has 1 fully saturated rings. The van der Waals surface area contributed by atoms with Crippen LogP contribution < -0.4 is 10.1 Å². The van der Waals surface area contributed by atoms with Crippen LogP contribution in [0.1, 0.15) is 23.2 Å². The van der Waals surface area contributed by atoms with E-state index in [2.05, 4.69) is 21.2 Å². The number of methoxy groups -OCH3 is 1. The van der Waals surface area contributed by atoms with Crippen molar-refractivity contribution in [1.82, 2.24) is 5.32 Å². The normalized spacial score (nSPS) is 16.2. The summed E-state index contributed by atoms with van der Waals surface area (Å²) in [7, 11) is 1.53. The molecule has 1 amide bonds. The third-order valence-electron chi connectivity index (χ3n) is 3.05. The molecule has 0 aromatic heterocycles. The lowest BCUT2D eigenvalue weighted by Gasteiger charge is -2.12. The number of amides is 1. The summed E-state index contributed by atoms with van der Waals surface area (Å²) in [5.74, 6) is 0.652. The second-order valence-corrected chi connectivity index (χ2v) is 5.38. The van der Waals surface area contributed by atoms with Crippen molar-refractivity contribution < 1.29 is 14.6 Å². The molecule has 18 heavy (non-hydrogen) atoms. The van der Waals surface area contributed by atoms with Crippen LogP contribution in [0.25, 0.3) is 0 Å². The number of carbonyl (C=O) groups is 1. The van der Waals surface area contributed by atoms with Gasteiger partial charge in [-0.05, 0) is 37.0 Å². The second kappa shape index (κ2) is 5.71. The molecule has 1 unspecified atom stereocenters. The molecule has 4 nitrogen and oxygen atoms in total. The number of carbonyl (C=O) groups excluding carboxylic acids is 1. The number of aliphatic hydroxyl groups excluding tert-OH is 1. The zero-order valence-electron chi connectivity index (χ0n) is 10.1. The standard InChI is InChI=1S/C13H16BrNO3/c1-18-12-6-9(14)4-5-10(12)13(17)15-7-11(16)8-2-3-8/h4-6,8,11,16H,2-3,7H2,1H3,(H,15,17). The Morgan fingerprint density at radius 3 is 2.94 bits per heavy atom. The van der Waals surface area contributed by atoms with Crippen molar-refractivity contribution >= 4 is 21.8 Å². The third kappa shape index (κ3) is 3.23. The molecule has 0 heterocycles. The van der Waals surface area contributed by atoms with E-state index in [9.17, 15) is 9.90 Å². The molecule has 1 atom stereocenters. The van der Waals surface area contributed by atoms with Crippen LogP contribution in [0.3, 0.4) is 0 Å². The van der Waals surface area contributed by atoms with E-state index in [1.54, 1.807) is 18.2 Å². The number of hydrogen-bond acceptors (Lipinski definition) is 3. The van der Waals surface area contributed by atoms with Gasteiger partial charge in [-0.2, -0.15) is 0 Å². The third-order valence-corrected chi connectivity index (χ3v) is 3.54. The van der Waals surface area contributed by atoms with E-state index in [1.165, 1.54) is 7.11 Å². The predicted molar refractivity (Wildman–Crippen MR) is 71.8 cm³/mol. The first kappa shape index (κ1) is 13.4. The van der Waals surface area contributed by atoms with Crippen molar-refractivity contribution in [3.63, 3.8) is 0 Å². The van der Waals surface area contributed by atoms with Gasteiger partial charge >= 0.3 is 0 Å². The summed E-state index contributed by atoms with van der Waals surface area (Å²) in [4.78, 5) is 12.0. The van der Waals surface area contributed by atoms with Crippen LogP contribution in [0.4, 0.5) is 0 Å². The van der Waals surface area contributed by atoms with Crippen LogP contribution in [-0.4, -0.2) is 30.8 Å². The largest absolute Gasteiger partial charge is 0.496 e. The molecule has 1 saturated carbocycles. The molecule has 2 N–H and O–H groups in total. The summed E-state index contributed by atoms with van der Waals surface area (Å²) in [6, 6.07) is 5.22. The minimum absolute atomic E-state index is 0.223. The van der Waals surface area contributed by atoms with Crippen molar-refractivity contribution in [2.24, 2.45) is 5.92 Å². The van der Waals surface area contributed by atoms with Crippen molar-refractivity contribution in [1.29, 1.82) is 0 Å². The lowest BCUT2D eigenvalue weighted by molar-refractivity contribution is 0.0898. The van der Waals surface area contributed by atoms with Crippen LogP contribution >= 0.6 is 15.9 Å². The Bertz CT molecular complexity index is 446. The minimum atomic E-state index is -0.435. The Hall–Kier alpha value is -1.07. The second-order valence-electron chi connectivity index (χ2n) is 4.46. The number of halogens is 1. The molecule has 1 aromatic rings. The number of nitrogens with one attached hydrogen (secondary N) is 1. The highest BCUT2D eigenvalue weighted by Crippen LogP contribution is 2.32. The molecular formula is C13H16BrNO3. The minimum Gasteiger partial charge on any atom is -0.496 e. The van der Waals surface area contributed by atoms with E-state index in [-0.39, 0.29) is 5.91 Å². The fourth-order valence-corrected chi connectivity index (χ4v) is 2.13. The fraction of sp³-hybridized carbons (Fsp3) is 0.462. The quantitative estimate of drug-likeness (QED) is 0.873. The molecule has 98 valence electrons. The molecule has 0 aliphatic heterocycles. The van der Waals surface area contributed by atoms with E-state index < -0.39 is 6.10 Å². The first-order chi connectivity index (χ1) is 8.61. The molecule has 2 rings (SSSR count). The topological polar surface area (TPSA) is 58.6 Å². The highest BCUT2D eigenvalue weighted by Gasteiger charge is 2.29. The van der Waals surface area contributed by atoms with Crippen LogP contribution in [0.2, 0.25) is 0 Å². The Labute approximate surface area is 114 Å². The van der Waals surface area contributed by atoms with Crippen molar-refractivity contribution in [2.75, 3.05) is 13.7 Å². The van der Waals surface area contributed by atoms with Crippen LogP contribution in [-0.2, 0) is 0 Å². The van der Waals surface area contributed by atoms with Gasteiger partial charge in [0.1, 0.15) is 5.75 Å². The van der Waals surface area contributed by atoms with Gasteiger partial charge in [-0.3, -0.25) is 4.79 Å². The number of hydrogen-bond donors (Lipinski definition) is 2. The number of benzene rings is 1. The van der Waals surface area contributed by atoms with Gasteiger partial charge in [-0.15, -0.1) is 0 Å². The van der Waals surface area contributed by atoms with Gasteiger partial charge < -0.3 is 15.2 Å². The maximum Gasteiger partial charge on any atom is 0.255 e. The summed E-state index contributed by atoms with van der Waals surface area (Å²) in [5.41, 5.74) is 0.476. The Morgan fingerprint density at radius 1 is 1.61 bits per heavy atom. The maximum absolute atomic E-state index is 12.0. The Kier molecular flexibility index (Phi) is 4.24. The van der Waals surface area contributed by atoms with Crippen molar-refractivity contribution in [3.05, 3.63) is 28.2 Å². The molecule has 0 bridgehead atoms. The lowest BCUT2D eigenvalue weighted by atomic mass is 10.1. The molecule has 0 saturated heterocycles. The van der Waals surface area contributed by atoms with Gasteiger partial charge in [0, 0.05) is 11.0 Å². The summed E-state index contributed by atoms with van der Waals surface area (Å²) in [6.45, 7) is 0.294. The van der Waals surface area contributed by atoms with E-state index in [1.807, 2.05) is 0 Å². The predicted octanol–water partition coefficient (Wildman–Crippen LogP) is 1.96. The maximum atomic E-state index is 12.0. The molecule has 1 aliphatic carbocycles. The van der Waals surface area contributed by atoms with Crippen LogP contribution in [0.5, 0.6) is 5.75 Å². The van der Waals surface area contributed by atoms with E-state index in [0.717, 1.165) is 17.3 Å². The lowest BCUT2D eigenvalue weighted by Crippen LogP contribution is -2.33. The zero-order chi connectivity index (χ0) is 13.1. The molecule has 1 aromatic carbocycles. The monoisotopic (exact) mass is 313 g/mol. The smallest absolute Gasteiger partial charge is 0.255 e. The van der Waals surface area contributed by atoms with E-state index >= 15 is 0 Å². The summed E-state index contributed by atoms with van der Waals surface area (Å²) < 4.78 is 6.02. The summed E-state index contributed by atoms with van der Waals surface area (Å²) in [6.07, 6.45) is 1.67. The zero-order valence-corrected chi connectivity index (χ0v) is 11.7. The Balaban J connectivity index is 1.99. The summed E-state index contributed by atoms with van der Waals surface area (Å²) in [5, 5.41) is 12.4. The highest BCUT2D eigenvalue weighted by molar-refractivity contribution is 9.10. The molecule has 5 heteroatoms. The van der Waals surface area contributed by atoms with Gasteiger partial charge in [-0.25, -0.2) is 0 Å². The fourth-order valence-electron chi connectivity index (χ4n) is 1.79. The average Bonchev–Trinajstić information content (AvgIpc) is 3.19. The van der Waals surface area contributed by atoms with Gasteiger partial charge in [0.2, 0.25) is 0 Å². The van der Waals surface area contributed by atoms with Gasteiger partial charge in [-0.1, -0.05) is 15.9 Å². The van der Waals surface area contributed by atoms with Crippen molar-refractivity contribution in [3.8, 4) is 5.75 Å². The SMILES string of the molecule is COc1cc(Br)ccc1C(=O)NCC(O)C1CC1. The van der Waals surface area contributed by atoms with E-state index in [0.29, 0.717) is 23.8 Å². The highest BCUT2D eigenvalue weighted by atomic mass is 79.9. The Morgan fingerprint density at radius 2 is 2.33 bits per heavy atom. The van der Waals surface area contributed by atoms with E-state index in [4.69, 9.17) is 4.74 Å². The number of ether oxygens (including phenoxy) is 1. The van der Waals surface area contributed by atoms with Crippen molar-refractivity contribution in [2.45, 2.75) is 18.9 Å². The first-order valence-electron chi connectivity index (χ1n) is 5.91. The van der Waals surface area contributed by atoms with Gasteiger partial charge in [0.05, 0.1) is 18.8 Å². The molecule has 0 radical (unpaired) electrons. The molecule has 0 spiro atoms. The number of rotatable bonds is 5. The molecule has 1 aliphatic rings. The first-order valence-corrected chi connectivity index (χ1v) is 6.71. The van der Waals surface area contributed by atoms with Gasteiger partial charge in [0.25, 0.3) is 5.91 Å². The van der Waals surface area contributed by atoms with Gasteiger partial charge in [0.15, 0.2) is 0 Å². The average molecular weight is 314 g/mol. The van der Waals surface area contributed by atoms with Crippen LogP contribution in [0.15, 0.2) is 22.7 Å². The molecular weight excluding hydrogens is 298 g/mol. The number of aliphatic hydroxyl groups is 1. The summed E-state index contributed by atoms with van der Waals surface area (Å²) >= 11 is 3.32.